The number of sulfone groups is 1. The summed E-state index contributed by atoms with van der Waals surface area (Å²) in [5, 5.41) is 0. The van der Waals surface area contributed by atoms with Crippen molar-refractivity contribution in [3.8, 4) is 0 Å². The Morgan fingerprint density at radius 1 is 1.14 bits per heavy atom. The second-order valence-electron chi connectivity index (χ2n) is 7.93. The van der Waals surface area contributed by atoms with Crippen molar-refractivity contribution in [1.82, 2.24) is 9.21 Å². The molecule has 162 valence electrons. The fourth-order valence-electron chi connectivity index (χ4n) is 4.08. The molecule has 2 aliphatic heterocycles. The standard InChI is InChI=1S/C20H30N2O5S2/c1-2-11-22(18-10-14-28(24,25)16-18)20(23)15-17-6-8-19(9-7-17)29(26,27)21-12-4-3-5-13-21/h6-9,18H,2-5,10-16H2,1H3. The maximum absolute atomic E-state index is 12.8. The van der Waals surface area contributed by atoms with Crippen molar-refractivity contribution in [2.75, 3.05) is 31.1 Å². The smallest absolute Gasteiger partial charge is 0.243 e. The topological polar surface area (TPSA) is 91.8 Å². The molecule has 0 N–H and O–H groups in total. The summed E-state index contributed by atoms with van der Waals surface area (Å²) in [6.07, 6.45) is 4.21. The van der Waals surface area contributed by atoms with Gasteiger partial charge in [0.05, 0.1) is 22.8 Å². The van der Waals surface area contributed by atoms with E-state index in [1.807, 2.05) is 6.92 Å². The number of sulfonamides is 1. The van der Waals surface area contributed by atoms with Gasteiger partial charge in [-0.15, -0.1) is 0 Å². The summed E-state index contributed by atoms with van der Waals surface area (Å²) in [5.74, 6) is 0.0561. The number of nitrogens with zero attached hydrogens (tertiary/aromatic N) is 2. The van der Waals surface area contributed by atoms with Gasteiger partial charge < -0.3 is 4.90 Å². The molecule has 29 heavy (non-hydrogen) atoms. The minimum Gasteiger partial charge on any atom is -0.338 e. The van der Waals surface area contributed by atoms with Crippen molar-refractivity contribution >= 4 is 25.8 Å². The molecule has 2 aliphatic rings. The van der Waals surface area contributed by atoms with Crippen LogP contribution >= 0.6 is 0 Å². The second-order valence-corrected chi connectivity index (χ2v) is 12.1. The fraction of sp³-hybridized carbons (Fsp3) is 0.650. The first-order valence-electron chi connectivity index (χ1n) is 10.3. The number of carbonyl (C=O) groups excluding carboxylic acids is 1. The van der Waals surface area contributed by atoms with Gasteiger partial charge in [-0.25, -0.2) is 16.8 Å². The zero-order chi connectivity index (χ0) is 21.1. The Kier molecular flexibility index (Phi) is 7.01. The lowest BCUT2D eigenvalue weighted by molar-refractivity contribution is -0.132. The minimum atomic E-state index is -3.49. The number of hydrogen-bond donors (Lipinski definition) is 0. The first-order valence-corrected chi connectivity index (χ1v) is 13.6. The Morgan fingerprint density at radius 2 is 1.79 bits per heavy atom. The molecular formula is C20H30N2O5S2. The van der Waals surface area contributed by atoms with Gasteiger partial charge in [-0.3, -0.25) is 4.79 Å². The third kappa shape index (κ3) is 5.38. The zero-order valence-corrected chi connectivity index (χ0v) is 18.6. The lowest BCUT2D eigenvalue weighted by Gasteiger charge is -2.28. The number of amides is 1. The van der Waals surface area contributed by atoms with Crippen LogP contribution < -0.4 is 0 Å². The Bertz CT molecular complexity index is 920. The molecule has 0 aromatic heterocycles. The molecule has 0 aliphatic carbocycles. The summed E-state index contributed by atoms with van der Waals surface area (Å²) in [4.78, 5) is 14.8. The SMILES string of the molecule is CCCN(C(=O)Cc1ccc(S(=O)(=O)N2CCCCC2)cc1)C1CCS(=O)(=O)C1. The molecule has 9 heteroatoms. The molecule has 0 spiro atoms. The average molecular weight is 443 g/mol. The molecule has 1 amide bonds. The third-order valence-corrected chi connectivity index (χ3v) is 9.33. The normalized spacial score (nSPS) is 22.4. The van der Waals surface area contributed by atoms with Gasteiger partial charge in [0, 0.05) is 25.7 Å². The summed E-state index contributed by atoms with van der Waals surface area (Å²) >= 11 is 0. The lowest BCUT2D eigenvalue weighted by Crippen LogP contribution is -2.42. The van der Waals surface area contributed by atoms with E-state index < -0.39 is 19.9 Å². The van der Waals surface area contributed by atoms with Gasteiger partial charge in [-0.05, 0) is 43.4 Å². The van der Waals surface area contributed by atoms with Gasteiger partial charge in [0.15, 0.2) is 9.84 Å². The summed E-state index contributed by atoms with van der Waals surface area (Å²) in [6.45, 7) is 3.60. The van der Waals surface area contributed by atoms with Crippen molar-refractivity contribution in [3.63, 3.8) is 0 Å². The van der Waals surface area contributed by atoms with Crippen LogP contribution in [0.5, 0.6) is 0 Å². The van der Waals surface area contributed by atoms with Crippen LogP contribution in [0.3, 0.4) is 0 Å². The minimum absolute atomic E-state index is 0.0335. The van der Waals surface area contributed by atoms with Gasteiger partial charge in [0.25, 0.3) is 0 Å². The van der Waals surface area contributed by atoms with Crippen LogP contribution in [0.15, 0.2) is 29.2 Å². The quantitative estimate of drug-likeness (QED) is 0.642. The van der Waals surface area contributed by atoms with Crippen LogP contribution in [0.2, 0.25) is 0 Å². The van der Waals surface area contributed by atoms with E-state index in [9.17, 15) is 21.6 Å². The van der Waals surface area contributed by atoms with Gasteiger partial charge in [0.2, 0.25) is 15.9 Å². The number of piperidine rings is 1. The highest BCUT2D eigenvalue weighted by Gasteiger charge is 2.34. The van der Waals surface area contributed by atoms with Crippen LogP contribution in [0, 0.1) is 0 Å². The number of rotatable bonds is 7. The Hall–Kier alpha value is -1.45. The second kappa shape index (κ2) is 9.14. The summed E-state index contributed by atoms with van der Waals surface area (Å²) in [7, 11) is -6.55. The fourth-order valence-corrected chi connectivity index (χ4v) is 7.33. The largest absolute Gasteiger partial charge is 0.338 e. The molecular weight excluding hydrogens is 412 g/mol. The molecule has 1 atom stereocenters. The van der Waals surface area contributed by atoms with E-state index in [1.54, 1.807) is 29.2 Å². The predicted molar refractivity (Wildman–Crippen MR) is 112 cm³/mol. The van der Waals surface area contributed by atoms with Crippen molar-refractivity contribution in [2.45, 2.75) is 56.4 Å². The molecule has 0 bridgehead atoms. The van der Waals surface area contributed by atoms with Gasteiger partial charge in [-0.1, -0.05) is 25.5 Å². The monoisotopic (exact) mass is 442 g/mol. The third-order valence-electron chi connectivity index (χ3n) is 5.67. The molecule has 0 saturated carbocycles. The molecule has 1 aromatic rings. The average Bonchev–Trinajstić information content (AvgIpc) is 3.06. The molecule has 1 aromatic carbocycles. The summed E-state index contributed by atoms with van der Waals surface area (Å²) in [6, 6.07) is 6.24. The number of carbonyl (C=O) groups is 1. The predicted octanol–water partition coefficient (Wildman–Crippen LogP) is 1.83. The molecule has 3 rings (SSSR count). The van der Waals surface area contributed by atoms with Crippen LogP contribution in [0.25, 0.3) is 0 Å². The van der Waals surface area contributed by atoms with Crippen LogP contribution in [0.4, 0.5) is 0 Å². The van der Waals surface area contributed by atoms with Crippen molar-refractivity contribution in [1.29, 1.82) is 0 Å². The van der Waals surface area contributed by atoms with Crippen LogP contribution in [-0.4, -0.2) is 69.1 Å². The van der Waals surface area contributed by atoms with Crippen molar-refractivity contribution in [2.24, 2.45) is 0 Å². The van der Waals surface area contributed by atoms with Crippen LogP contribution in [0.1, 0.15) is 44.6 Å². The van der Waals surface area contributed by atoms with Crippen LogP contribution in [-0.2, 0) is 31.1 Å². The maximum Gasteiger partial charge on any atom is 0.243 e. The summed E-state index contributed by atoms with van der Waals surface area (Å²) < 4.78 is 50.6. The lowest BCUT2D eigenvalue weighted by atomic mass is 10.1. The number of hydrogen-bond acceptors (Lipinski definition) is 5. The van der Waals surface area contributed by atoms with Gasteiger partial charge in [0.1, 0.15) is 0 Å². The maximum atomic E-state index is 12.8. The van der Waals surface area contributed by atoms with E-state index >= 15 is 0 Å². The van der Waals surface area contributed by atoms with E-state index in [1.165, 1.54) is 4.31 Å². The zero-order valence-electron chi connectivity index (χ0n) is 16.9. The molecule has 2 heterocycles. The highest BCUT2D eigenvalue weighted by Crippen LogP contribution is 2.22. The van der Waals surface area contributed by atoms with Gasteiger partial charge >= 0.3 is 0 Å². The molecule has 0 radical (unpaired) electrons. The molecule has 2 fully saturated rings. The molecule has 2 saturated heterocycles. The Labute approximate surface area is 174 Å². The van der Waals surface area contributed by atoms with E-state index in [-0.39, 0.29) is 34.8 Å². The first-order chi connectivity index (χ1) is 13.7. The molecule has 1 unspecified atom stereocenters. The number of benzene rings is 1. The highest BCUT2D eigenvalue weighted by molar-refractivity contribution is 7.91. The van der Waals surface area contributed by atoms with E-state index in [0.29, 0.717) is 26.1 Å². The summed E-state index contributed by atoms with van der Waals surface area (Å²) in [5.41, 5.74) is 0.731. The van der Waals surface area contributed by atoms with E-state index in [4.69, 9.17) is 0 Å². The van der Waals surface area contributed by atoms with Crippen molar-refractivity contribution < 1.29 is 21.6 Å². The van der Waals surface area contributed by atoms with Crippen molar-refractivity contribution in [3.05, 3.63) is 29.8 Å². The Morgan fingerprint density at radius 3 is 2.34 bits per heavy atom. The van der Waals surface area contributed by atoms with Gasteiger partial charge in [-0.2, -0.15) is 4.31 Å². The van der Waals surface area contributed by atoms with E-state index in [0.717, 1.165) is 31.2 Å². The Balaban J connectivity index is 1.68. The highest BCUT2D eigenvalue weighted by atomic mass is 32.2. The van der Waals surface area contributed by atoms with E-state index in [2.05, 4.69) is 0 Å². The molecule has 7 nitrogen and oxygen atoms in total. The first kappa shape index (κ1) is 22.2.